The van der Waals surface area contributed by atoms with Crippen molar-refractivity contribution in [3.8, 4) is 11.4 Å². The normalized spacial score (nSPS) is 17.5. The van der Waals surface area contributed by atoms with Crippen LogP contribution in [0.25, 0.3) is 11.4 Å². The second-order valence-electron chi connectivity index (χ2n) is 6.60. The summed E-state index contributed by atoms with van der Waals surface area (Å²) in [5, 5.41) is 7.50. The number of primary amides is 1. The lowest BCUT2D eigenvalue weighted by Crippen LogP contribution is -2.24. The van der Waals surface area contributed by atoms with Crippen LogP contribution in [0, 0.1) is 0 Å². The lowest BCUT2D eigenvalue weighted by atomic mass is 10.1. The summed E-state index contributed by atoms with van der Waals surface area (Å²) in [6, 6.07) is 17.7. The molecular formula is C20H21N5O. The van der Waals surface area contributed by atoms with Crippen LogP contribution in [0.2, 0.25) is 0 Å². The van der Waals surface area contributed by atoms with Crippen molar-refractivity contribution in [2.75, 3.05) is 6.54 Å². The Morgan fingerprint density at radius 3 is 2.85 bits per heavy atom. The van der Waals surface area contributed by atoms with Gasteiger partial charge in [0.25, 0.3) is 0 Å². The van der Waals surface area contributed by atoms with Crippen molar-refractivity contribution in [3.63, 3.8) is 0 Å². The Morgan fingerprint density at radius 1 is 1.19 bits per heavy atom. The van der Waals surface area contributed by atoms with Crippen LogP contribution in [-0.2, 0) is 6.54 Å². The van der Waals surface area contributed by atoms with Crippen LogP contribution in [0.5, 0.6) is 0 Å². The number of likely N-dealkylation sites (tertiary alicyclic amines) is 1. The van der Waals surface area contributed by atoms with Gasteiger partial charge in [0.2, 0.25) is 5.91 Å². The van der Waals surface area contributed by atoms with E-state index in [9.17, 15) is 4.79 Å². The standard InChI is InChI=1S/C20H21N5O/c21-18(26)16-9-4-6-14(12-16)13-25-11-5-10-17(25)20-22-19(23-24-20)15-7-2-1-3-8-15/h1-4,6-9,12,17H,5,10-11,13H2,(H2,21,26)(H,22,23,24). The molecule has 26 heavy (non-hydrogen) atoms. The molecule has 132 valence electrons. The number of carbonyl (C=O) groups excluding carboxylic acids is 1. The largest absolute Gasteiger partial charge is 0.366 e. The molecule has 2 heterocycles. The van der Waals surface area contributed by atoms with Gasteiger partial charge in [-0.2, -0.15) is 5.10 Å². The van der Waals surface area contributed by atoms with Gasteiger partial charge in [0.15, 0.2) is 5.82 Å². The zero-order valence-electron chi connectivity index (χ0n) is 14.4. The van der Waals surface area contributed by atoms with Crippen molar-refractivity contribution >= 4 is 5.91 Å². The van der Waals surface area contributed by atoms with Crippen LogP contribution in [0.1, 0.15) is 40.6 Å². The smallest absolute Gasteiger partial charge is 0.248 e. The van der Waals surface area contributed by atoms with Crippen molar-refractivity contribution in [1.29, 1.82) is 0 Å². The lowest BCUT2D eigenvalue weighted by molar-refractivity contribution is 0.1000. The van der Waals surface area contributed by atoms with E-state index in [1.54, 1.807) is 6.07 Å². The van der Waals surface area contributed by atoms with Crippen molar-refractivity contribution in [2.24, 2.45) is 5.73 Å². The molecule has 4 rings (SSSR count). The zero-order valence-corrected chi connectivity index (χ0v) is 14.4. The highest BCUT2D eigenvalue weighted by Crippen LogP contribution is 2.32. The van der Waals surface area contributed by atoms with Crippen molar-refractivity contribution < 1.29 is 4.79 Å². The number of nitrogens with zero attached hydrogens (tertiary/aromatic N) is 3. The minimum absolute atomic E-state index is 0.206. The third kappa shape index (κ3) is 3.36. The van der Waals surface area contributed by atoms with Gasteiger partial charge in [0.1, 0.15) is 5.82 Å². The predicted octanol–water partition coefficient (Wildman–Crippen LogP) is 2.91. The summed E-state index contributed by atoms with van der Waals surface area (Å²) < 4.78 is 0. The van der Waals surface area contributed by atoms with E-state index < -0.39 is 5.91 Å². The first-order valence-corrected chi connectivity index (χ1v) is 8.81. The molecule has 6 heteroatoms. The maximum Gasteiger partial charge on any atom is 0.248 e. The van der Waals surface area contributed by atoms with Gasteiger partial charge in [0, 0.05) is 17.7 Å². The molecule has 3 N–H and O–H groups in total. The van der Waals surface area contributed by atoms with Gasteiger partial charge in [-0.05, 0) is 37.1 Å². The third-order valence-corrected chi connectivity index (χ3v) is 4.81. The average molecular weight is 347 g/mol. The van der Waals surface area contributed by atoms with E-state index in [4.69, 9.17) is 10.7 Å². The first-order valence-electron chi connectivity index (χ1n) is 8.81. The first-order chi connectivity index (χ1) is 12.7. The third-order valence-electron chi connectivity index (χ3n) is 4.81. The topological polar surface area (TPSA) is 87.9 Å². The number of hydrogen-bond acceptors (Lipinski definition) is 4. The maximum atomic E-state index is 11.4. The molecule has 1 aliphatic heterocycles. The zero-order chi connectivity index (χ0) is 17.9. The number of aromatic amines is 1. The molecule has 2 aromatic carbocycles. The summed E-state index contributed by atoms with van der Waals surface area (Å²) in [5.41, 5.74) is 8.02. The van der Waals surface area contributed by atoms with Crippen molar-refractivity contribution in [3.05, 3.63) is 71.5 Å². The highest BCUT2D eigenvalue weighted by atomic mass is 16.1. The lowest BCUT2D eigenvalue weighted by Gasteiger charge is -2.22. The number of nitrogens with one attached hydrogen (secondary N) is 1. The Balaban J connectivity index is 1.53. The molecule has 1 atom stereocenters. The van der Waals surface area contributed by atoms with Gasteiger partial charge in [-0.15, -0.1) is 0 Å². The van der Waals surface area contributed by atoms with Crippen LogP contribution in [-0.4, -0.2) is 32.5 Å². The van der Waals surface area contributed by atoms with E-state index in [0.717, 1.165) is 48.7 Å². The molecule has 1 aromatic heterocycles. The quantitative estimate of drug-likeness (QED) is 0.743. The summed E-state index contributed by atoms with van der Waals surface area (Å²) in [7, 11) is 0. The molecule has 1 fully saturated rings. The minimum atomic E-state index is -0.396. The van der Waals surface area contributed by atoms with E-state index in [0.29, 0.717) is 5.56 Å². The highest BCUT2D eigenvalue weighted by molar-refractivity contribution is 5.92. The Labute approximate surface area is 152 Å². The molecule has 0 radical (unpaired) electrons. The average Bonchev–Trinajstić information content (AvgIpc) is 3.32. The maximum absolute atomic E-state index is 11.4. The molecule has 0 aliphatic carbocycles. The van der Waals surface area contributed by atoms with E-state index in [-0.39, 0.29) is 6.04 Å². The molecule has 1 aliphatic rings. The van der Waals surface area contributed by atoms with Crippen LogP contribution < -0.4 is 5.73 Å². The van der Waals surface area contributed by atoms with Gasteiger partial charge in [0.05, 0.1) is 6.04 Å². The summed E-state index contributed by atoms with van der Waals surface area (Å²) in [6.45, 7) is 1.75. The van der Waals surface area contributed by atoms with Crippen LogP contribution in [0.15, 0.2) is 54.6 Å². The Kier molecular flexibility index (Phi) is 4.50. The van der Waals surface area contributed by atoms with Crippen LogP contribution >= 0.6 is 0 Å². The second kappa shape index (κ2) is 7.09. The number of benzene rings is 2. The van der Waals surface area contributed by atoms with Crippen molar-refractivity contribution in [1.82, 2.24) is 20.1 Å². The molecule has 1 saturated heterocycles. The molecule has 6 nitrogen and oxygen atoms in total. The monoisotopic (exact) mass is 347 g/mol. The molecule has 1 unspecified atom stereocenters. The van der Waals surface area contributed by atoms with E-state index in [1.165, 1.54) is 0 Å². The predicted molar refractivity (Wildman–Crippen MR) is 99.2 cm³/mol. The van der Waals surface area contributed by atoms with E-state index in [1.807, 2.05) is 48.5 Å². The number of hydrogen-bond donors (Lipinski definition) is 2. The van der Waals surface area contributed by atoms with E-state index >= 15 is 0 Å². The number of carbonyl (C=O) groups is 1. The summed E-state index contributed by atoms with van der Waals surface area (Å²) in [6.07, 6.45) is 2.15. The number of nitrogens with two attached hydrogens (primary N) is 1. The first kappa shape index (κ1) is 16.5. The number of amides is 1. The SMILES string of the molecule is NC(=O)c1cccc(CN2CCCC2c2nc(-c3ccccc3)n[nH]2)c1. The minimum Gasteiger partial charge on any atom is -0.366 e. The van der Waals surface area contributed by atoms with E-state index in [2.05, 4.69) is 15.1 Å². The van der Waals surface area contributed by atoms with Crippen molar-refractivity contribution in [2.45, 2.75) is 25.4 Å². The summed E-state index contributed by atoms with van der Waals surface area (Å²) in [5.74, 6) is 1.23. The fourth-order valence-corrected chi connectivity index (χ4v) is 3.52. The van der Waals surface area contributed by atoms with Gasteiger partial charge < -0.3 is 5.73 Å². The Hall–Kier alpha value is -2.99. The molecule has 0 saturated carbocycles. The molecule has 1 amide bonds. The van der Waals surface area contributed by atoms with Crippen LogP contribution in [0.3, 0.4) is 0 Å². The highest BCUT2D eigenvalue weighted by Gasteiger charge is 2.29. The Morgan fingerprint density at radius 2 is 2.04 bits per heavy atom. The molecule has 0 bridgehead atoms. The van der Waals surface area contributed by atoms with Crippen LogP contribution in [0.4, 0.5) is 0 Å². The summed E-state index contributed by atoms with van der Waals surface area (Å²) >= 11 is 0. The summed E-state index contributed by atoms with van der Waals surface area (Å²) in [4.78, 5) is 18.5. The van der Waals surface area contributed by atoms with Gasteiger partial charge in [-0.3, -0.25) is 14.8 Å². The number of aromatic nitrogens is 3. The fraction of sp³-hybridized carbons (Fsp3) is 0.250. The fourth-order valence-electron chi connectivity index (χ4n) is 3.52. The van der Waals surface area contributed by atoms with Gasteiger partial charge >= 0.3 is 0 Å². The second-order valence-corrected chi connectivity index (χ2v) is 6.60. The molecule has 0 spiro atoms. The number of H-pyrrole nitrogens is 1. The van der Waals surface area contributed by atoms with Gasteiger partial charge in [-0.1, -0.05) is 42.5 Å². The Bertz CT molecular complexity index is 905. The number of rotatable bonds is 5. The molecule has 3 aromatic rings. The molecular weight excluding hydrogens is 326 g/mol. The van der Waals surface area contributed by atoms with Gasteiger partial charge in [-0.25, -0.2) is 4.98 Å².